The van der Waals surface area contributed by atoms with Crippen molar-refractivity contribution < 1.29 is 5.21 Å². The predicted molar refractivity (Wildman–Crippen MR) is 84.4 cm³/mol. The van der Waals surface area contributed by atoms with Crippen LogP contribution in [0.3, 0.4) is 0 Å². The third-order valence-electron chi connectivity index (χ3n) is 3.61. The topological polar surface area (TPSA) is 79.7 Å². The van der Waals surface area contributed by atoms with E-state index in [2.05, 4.69) is 43.0 Å². The van der Waals surface area contributed by atoms with Crippen LogP contribution in [0.1, 0.15) is 26.5 Å². The minimum atomic E-state index is 0.211. The maximum Gasteiger partial charge on any atom is 0.153 e. The van der Waals surface area contributed by atoms with Crippen molar-refractivity contribution in [3.05, 3.63) is 30.0 Å². The Labute approximate surface area is 124 Å². The minimum Gasteiger partial charge on any atom is -0.409 e. The van der Waals surface area contributed by atoms with Gasteiger partial charge in [-0.15, -0.1) is 0 Å². The van der Waals surface area contributed by atoms with E-state index in [1.54, 1.807) is 0 Å². The molecular formula is C15H23N5O. The maximum absolute atomic E-state index is 8.76. The summed E-state index contributed by atoms with van der Waals surface area (Å²) in [5.41, 5.74) is 7.80. The number of aryl methyl sites for hydroxylation is 1. The number of para-hydroxylation sites is 1. The lowest BCUT2D eigenvalue weighted by Crippen LogP contribution is -2.38. The van der Waals surface area contributed by atoms with E-state index in [0.29, 0.717) is 13.1 Å². The Morgan fingerprint density at radius 1 is 1.43 bits per heavy atom. The van der Waals surface area contributed by atoms with Crippen molar-refractivity contribution in [2.45, 2.75) is 39.9 Å². The average molecular weight is 289 g/mol. The fourth-order valence-corrected chi connectivity index (χ4v) is 2.41. The van der Waals surface area contributed by atoms with Crippen LogP contribution in [-0.4, -0.2) is 38.3 Å². The van der Waals surface area contributed by atoms with Gasteiger partial charge in [0.05, 0.1) is 17.8 Å². The molecular weight excluding hydrogens is 266 g/mol. The van der Waals surface area contributed by atoms with Gasteiger partial charge in [0.2, 0.25) is 0 Å². The van der Waals surface area contributed by atoms with Gasteiger partial charge in [-0.1, -0.05) is 23.4 Å². The van der Waals surface area contributed by atoms with Gasteiger partial charge in [0.1, 0.15) is 0 Å². The molecule has 0 unspecified atom stereocenters. The quantitative estimate of drug-likeness (QED) is 0.369. The highest BCUT2D eigenvalue weighted by Gasteiger charge is 2.16. The zero-order chi connectivity index (χ0) is 15.4. The highest BCUT2D eigenvalue weighted by Crippen LogP contribution is 2.20. The second kappa shape index (κ2) is 6.58. The lowest BCUT2D eigenvalue weighted by atomic mass is 10.2. The number of aromatic nitrogens is 2. The monoisotopic (exact) mass is 289 g/mol. The molecule has 0 radical (unpaired) electrons. The first-order valence-corrected chi connectivity index (χ1v) is 7.21. The summed E-state index contributed by atoms with van der Waals surface area (Å²) >= 11 is 0. The highest BCUT2D eigenvalue weighted by molar-refractivity contribution is 5.83. The molecule has 0 aliphatic heterocycles. The summed E-state index contributed by atoms with van der Waals surface area (Å²) < 4.78 is 2.01. The molecule has 0 bridgehead atoms. The molecule has 0 saturated heterocycles. The first-order chi connectivity index (χ1) is 10.1. The molecule has 114 valence electrons. The minimum absolute atomic E-state index is 0.211. The number of hydrogen-bond acceptors (Lipinski definition) is 4. The molecule has 1 aromatic heterocycles. The molecule has 1 heterocycles. The van der Waals surface area contributed by atoms with E-state index in [0.717, 1.165) is 23.1 Å². The summed E-state index contributed by atoms with van der Waals surface area (Å²) in [5, 5.41) is 17.7. The Bertz CT molecular complexity index is 632. The van der Waals surface area contributed by atoms with E-state index in [4.69, 9.17) is 16.0 Å². The molecule has 0 atom stereocenters. The molecule has 0 amide bonds. The third-order valence-corrected chi connectivity index (χ3v) is 3.61. The van der Waals surface area contributed by atoms with Crippen molar-refractivity contribution in [3.8, 4) is 0 Å². The number of benzene rings is 1. The van der Waals surface area contributed by atoms with Crippen LogP contribution in [0.4, 0.5) is 0 Å². The molecule has 6 heteroatoms. The van der Waals surface area contributed by atoms with Crippen molar-refractivity contribution in [2.24, 2.45) is 10.9 Å². The van der Waals surface area contributed by atoms with E-state index in [-0.39, 0.29) is 11.9 Å². The Morgan fingerprint density at radius 2 is 2.14 bits per heavy atom. The summed E-state index contributed by atoms with van der Waals surface area (Å²) in [5.74, 6) is 0.211. The smallest absolute Gasteiger partial charge is 0.153 e. The summed E-state index contributed by atoms with van der Waals surface area (Å²) in [7, 11) is 0. The van der Waals surface area contributed by atoms with Gasteiger partial charge in [-0.2, -0.15) is 5.10 Å². The van der Waals surface area contributed by atoms with E-state index in [1.165, 1.54) is 0 Å². The summed E-state index contributed by atoms with van der Waals surface area (Å²) in [4.78, 5) is 2.13. The van der Waals surface area contributed by atoms with Crippen molar-refractivity contribution >= 4 is 16.7 Å². The van der Waals surface area contributed by atoms with E-state index in [1.807, 2.05) is 16.8 Å². The van der Waals surface area contributed by atoms with Crippen molar-refractivity contribution in [2.75, 3.05) is 6.54 Å². The fourth-order valence-electron chi connectivity index (χ4n) is 2.41. The van der Waals surface area contributed by atoms with Crippen LogP contribution in [0.2, 0.25) is 0 Å². The molecule has 0 spiro atoms. The molecule has 1 aromatic carbocycles. The Kier molecular flexibility index (Phi) is 4.80. The van der Waals surface area contributed by atoms with Gasteiger partial charge in [-0.25, -0.2) is 0 Å². The molecule has 0 aliphatic carbocycles. The Balaban J connectivity index is 2.32. The maximum atomic E-state index is 8.76. The normalized spacial score (nSPS) is 12.7. The van der Waals surface area contributed by atoms with Crippen LogP contribution in [0, 0.1) is 0 Å². The number of hydrogen-bond donors (Lipinski definition) is 2. The molecule has 2 aromatic rings. The average Bonchev–Trinajstić information content (AvgIpc) is 2.84. The largest absolute Gasteiger partial charge is 0.409 e. The highest BCUT2D eigenvalue weighted by atomic mass is 16.4. The van der Waals surface area contributed by atoms with Crippen molar-refractivity contribution in [1.82, 2.24) is 14.7 Å². The number of amidine groups is 1. The molecule has 0 saturated carbocycles. The standard InChI is InChI=1S/C15H23N5O/c1-4-20-14-8-6-5-7-12(14)13(17-20)9-19(11(2)3)10-15(16)18-21/h5-8,11,21H,4,9-10H2,1-3H3,(H2,16,18). The molecule has 0 aliphatic rings. The second-order valence-corrected chi connectivity index (χ2v) is 5.37. The van der Waals surface area contributed by atoms with Crippen LogP contribution in [0.5, 0.6) is 0 Å². The molecule has 0 fully saturated rings. The SMILES string of the molecule is CCn1nc(CN(CC(N)=NO)C(C)C)c2ccccc21. The van der Waals surface area contributed by atoms with Crippen LogP contribution in [-0.2, 0) is 13.1 Å². The van der Waals surface area contributed by atoms with Gasteiger partial charge in [0.15, 0.2) is 5.84 Å². The predicted octanol–water partition coefficient (Wildman–Crippen LogP) is 2.01. The number of nitrogens with zero attached hydrogens (tertiary/aromatic N) is 4. The number of nitrogens with two attached hydrogens (primary N) is 1. The summed E-state index contributed by atoms with van der Waals surface area (Å²) in [6.45, 7) is 8.18. The summed E-state index contributed by atoms with van der Waals surface area (Å²) in [6, 6.07) is 8.49. The van der Waals surface area contributed by atoms with Gasteiger partial charge in [0.25, 0.3) is 0 Å². The van der Waals surface area contributed by atoms with Crippen LogP contribution >= 0.6 is 0 Å². The van der Waals surface area contributed by atoms with Gasteiger partial charge < -0.3 is 10.9 Å². The fraction of sp³-hybridized carbons (Fsp3) is 0.467. The van der Waals surface area contributed by atoms with Gasteiger partial charge >= 0.3 is 0 Å². The van der Waals surface area contributed by atoms with E-state index >= 15 is 0 Å². The number of oxime groups is 1. The van der Waals surface area contributed by atoms with Gasteiger partial charge in [-0.05, 0) is 26.8 Å². The molecule has 2 rings (SSSR count). The zero-order valence-electron chi connectivity index (χ0n) is 12.8. The molecule has 3 N–H and O–H groups in total. The number of fused-ring (bicyclic) bond motifs is 1. The lowest BCUT2D eigenvalue weighted by molar-refractivity contribution is 0.236. The van der Waals surface area contributed by atoms with Gasteiger partial charge in [0, 0.05) is 24.5 Å². The zero-order valence-corrected chi connectivity index (χ0v) is 12.8. The van der Waals surface area contributed by atoms with E-state index in [9.17, 15) is 0 Å². The second-order valence-electron chi connectivity index (χ2n) is 5.37. The number of rotatable bonds is 6. The lowest BCUT2D eigenvalue weighted by Gasteiger charge is -2.24. The third kappa shape index (κ3) is 3.33. The van der Waals surface area contributed by atoms with Crippen molar-refractivity contribution in [3.63, 3.8) is 0 Å². The van der Waals surface area contributed by atoms with Crippen molar-refractivity contribution in [1.29, 1.82) is 0 Å². The summed E-state index contributed by atoms with van der Waals surface area (Å²) in [6.07, 6.45) is 0. The van der Waals surface area contributed by atoms with E-state index < -0.39 is 0 Å². The first-order valence-electron chi connectivity index (χ1n) is 7.21. The van der Waals surface area contributed by atoms with Crippen LogP contribution in [0.15, 0.2) is 29.4 Å². The van der Waals surface area contributed by atoms with Crippen LogP contribution in [0.25, 0.3) is 10.9 Å². The van der Waals surface area contributed by atoms with Crippen LogP contribution < -0.4 is 5.73 Å². The first kappa shape index (κ1) is 15.3. The van der Waals surface area contributed by atoms with Gasteiger partial charge in [-0.3, -0.25) is 9.58 Å². The molecule has 6 nitrogen and oxygen atoms in total. The molecule has 21 heavy (non-hydrogen) atoms. The Hall–Kier alpha value is -2.08. The Morgan fingerprint density at radius 3 is 2.76 bits per heavy atom.